The average molecular weight is 333 g/mol. The highest BCUT2D eigenvalue weighted by molar-refractivity contribution is 5.89. The Kier molecular flexibility index (Phi) is 4.95. The van der Waals surface area contributed by atoms with Crippen molar-refractivity contribution in [2.24, 2.45) is 5.10 Å². The number of carbonyl (C=O) groups is 1. The number of phenols is 1. The first kappa shape index (κ1) is 16.5. The van der Waals surface area contributed by atoms with E-state index in [2.05, 4.69) is 15.8 Å². The first-order valence-electron chi connectivity index (χ1n) is 7.99. The number of phenolic OH excluding ortho intramolecular Hbond substituents is 1. The van der Waals surface area contributed by atoms with Gasteiger partial charge in [-0.2, -0.15) is 5.10 Å². The summed E-state index contributed by atoms with van der Waals surface area (Å²) in [5.41, 5.74) is 4.17. The van der Waals surface area contributed by atoms with E-state index in [1.807, 2.05) is 42.5 Å². The molecule has 0 unspecified atom stereocenters. The van der Waals surface area contributed by atoms with Crippen molar-refractivity contribution >= 4 is 28.6 Å². The van der Waals surface area contributed by atoms with E-state index in [0.29, 0.717) is 0 Å². The third-order valence-electron chi connectivity index (χ3n) is 3.81. The topological polar surface area (TPSA) is 73.7 Å². The molecule has 25 heavy (non-hydrogen) atoms. The highest BCUT2D eigenvalue weighted by Crippen LogP contribution is 2.19. The van der Waals surface area contributed by atoms with Crippen molar-refractivity contribution in [3.05, 3.63) is 72.3 Å². The van der Waals surface area contributed by atoms with E-state index in [0.717, 1.165) is 22.0 Å². The molecule has 0 heterocycles. The number of carbonyl (C=O) groups excluding carboxylic acids is 1. The minimum Gasteiger partial charge on any atom is -0.508 e. The SMILES string of the molecule is C[C@H](Nc1ccc2ccccc2c1)C(=O)N/N=C\c1ccc(O)cc1. The Morgan fingerprint density at radius 2 is 1.76 bits per heavy atom. The molecule has 0 aliphatic heterocycles. The number of nitrogens with one attached hydrogen (secondary N) is 2. The summed E-state index contributed by atoms with van der Waals surface area (Å²) in [6, 6.07) is 20.2. The first-order valence-corrected chi connectivity index (χ1v) is 7.99. The summed E-state index contributed by atoms with van der Waals surface area (Å²) in [6.45, 7) is 1.78. The summed E-state index contributed by atoms with van der Waals surface area (Å²) in [7, 11) is 0. The monoisotopic (exact) mass is 333 g/mol. The molecule has 0 saturated heterocycles. The van der Waals surface area contributed by atoms with E-state index in [1.54, 1.807) is 31.2 Å². The summed E-state index contributed by atoms with van der Waals surface area (Å²) in [5, 5.41) is 18.6. The number of hydrogen-bond donors (Lipinski definition) is 3. The summed E-state index contributed by atoms with van der Waals surface area (Å²) in [4.78, 5) is 12.1. The molecular weight excluding hydrogens is 314 g/mol. The Morgan fingerprint density at radius 3 is 2.52 bits per heavy atom. The van der Waals surface area contributed by atoms with Crippen LogP contribution in [0.25, 0.3) is 10.8 Å². The van der Waals surface area contributed by atoms with Crippen LogP contribution >= 0.6 is 0 Å². The van der Waals surface area contributed by atoms with Gasteiger partial charge in [0.25, 0.3) is 5.91 Å². The summed E-state index contributed by atoms with van der Waals surface area (Å²) >= 11 is 0. The maximum absolute atomic E-state index is 12.1. The van der Waals surface area contributed by atoms with Crippen molar-refractivity contribution in [2.75, 3.05) is 5.32 Å². The third-order valence-corrected chi connectivity index (χ3v) is 3.81. The molecular formula is C20H19N3O2. The van der Waals surface area contributed by atoms with Crippen molar-refractivity contribution in [2.45, 2.75) is 13.0 Å². The molecule has 0 aromatic heterocycles. The lowest BCUT2D eigenvalue weighted by Crippen LogP contribution is -2.34. The molecule has 3 N–H and O–H groups in total. The van der Waals surface area contributed by atoms with Gasteiger partial charge >= 0.3 is 0 Å². The number of amides is 1. The summed E-state index contributed by atoms with van der Waals surface area (Å²) in [5.74, 6) is -0.0439. The lowest BCUT2D eigenvalue weighted by atomic mass is 10.1. The van der Waals surface area contributed by atoms with Gasteiger partial charge in [-0.3, -0.25) is 4.79 Å². The van der Waals surface area contributed by atoms with Gasteiger partial charge in [0.15, 0.2) is 0 Å². The second kappa shape index (κ2) is 7.49. The Hall–Kier alpha value is -3.34. The molecule has 0 saturated carbocycles. The maximum atomic E-state index is 12.1. The van der Waals surface area contributed by atoms with Crippen molar-refractivity contribution < 1.29 is 9.90 Å². The number of hydrogen-bond acceptors (Lipinski definition) is 4. The highest BCUT2D eigenvalue weighted by atomic mass is 16.3. The number of fused-ring (bicyclic) bond motifs is 1. The molecule has 0 spiro atoms. The number of anilines is 1. The van der Waals surface area contributed by atoms with E-state index < -0.39 is 6.04 Å². The van der Waals surface area contributed by atoms with Gasteiger partial charge in [-0.25, -0.2) is 5.43 Å². The van der Waals surface area contributed by atoms with Crippen LogP contribution in [0.4, 0.5) is 5.69 Å². The lowest BCUT2D eigenvalue weighted by molar-refractivity contribution is -0.121. The number of rotatable bonds is 5. The number of aromatic hydroxyl groups is 1. The molecule has 0 aliphatic carbocycles. The van der Waals surface area contributed by atoms with Gasteiger partial charge in [-0.15, -0.1) is 0 Å². The molecule has 1 amide bonds. The predicted octanol–water partition coefficient (Wildman–Crippen LogP) is 3.50. The van der Waals surface area contributed by atoms with E-state index in [4.69, 9.17) is 0 Å². The molecule has 0 radical (unpaired) electrons. The van der Waals surface area contributed by atoms with Crippen LogP contribution in [0.3, 0.4) is 0 Å². The van der Waals surface area contributed by atoms with Gasteiger partial charge < -0.3 is 10.4 Å². The second-order valence-electron chi connectivity index (χ2n) is 5.75. The lowest BCUT2D eigenvalue weighted by Gasteiger charge is -2.14. The van der Waals surface area contributed by atoms with Crippen LogP contribution in [-0.4, -0.2) is 23.3 Å². The Morgan fingerprint density at radius 1 is 1.04 bits per heavy atom. The molecule has 5 heteroatoms. The smallest absolute Gasteiger partial charge is 0.262 e. The van der Waals surface area contributed by atoms with Crippen molar-refractivity contribution in [1.29, 1.82) is 0 Å². The molecule has 3 aromatic carbocycles. The van der Waals surface area contributed by atoms with Crippen LogP contribution in [-0.2, 0) is 4.79 Å². The average Bonchev–Trinajstić information content (AvgIpc) is 2.63. The first-order chi connectivity index (χ1) is 12.1. The summed E-state index contributed by atoms with van der Waals surface area (Å²) < 4.78 is 0. The zero-order valence-electron chi connectivity index (χ0n) is 13.8. The minimum absolute atomic E-state index is 0.189. The molecule has 0 aliphatic rings. The maximum Gasteiger partial charge on any atom is 0.262 e. The normalized spacial score (nSPS) is 12.2. The molecule has 0 fully saturated rings. The Bertz CT molecular complexity index is 904. The highest BCUT2D eigenvalue weighted by Gasteiger charge is 2.11. The molecule has 5 nitrogen and oxygen atoms in total. The fourth-order valence-corrected chi connectivity index (χ4v) is 2.42. The molecule has 1 atom stereocenters. The number of hydrazone groups is 1. The molecule has 3 rings (SSSR count). The van der Waals surface area contributed by atoms with E-state index in [-0.39, 0.29) is 11.7 Å². The van der Waals surface area contributed by atoms with Gasteiger partial charge in [0.05, 0.1) is 6.21 Å². The third kappa shape index (κ3) is 4.35. The molecule has 0 bridgehead atoms. The van der Waals surface area contributed by atoms with Crippen molar-refractivity contribution in [3.8, 4) is 5.75 Å². The second-order valence-corrected chi connectivity index (χ2v) is 5.75. The van der Waals surface area contributed by atoms with Crippen molar-refractivity contribution in [1.82, 2.24) is 5.43 Å². The van der Waals surface area contributed by atoms with Crippen LogP contribution in [0.5, 0.6) is 5.75 Å². The van der Waals surface area contributed by atoms with Crippen LogP contribution < -0.4 is 10.7 Å². The Balaban J connectivity index is 1.58. The van der Waals surface area contributed by atoms with Crippen LogP contribution in [0.15, 0.2) is 71.8 Å². The van der Waals surface area contributed by atoms with Gasteiger partial charge in [-0.05, 0) is 59.7 Å². The zero-order chi connectivity index (χ0) is 17.6. The van der Waals surface area contributed by atoms with Crippen LogP contribution in [0, 0.1) is 0 Å². The quantitative estimate of drug-likeness (QED) is 0.494. The molecule has 3 aromatic rings. The fraction of sp³-hybridized carbons (Fsp3) is 0.100. The van der Waals surface area contributed by atoms with Gasteiger partial charge in [-0.1, -0.05) is 30.3 Å². The van der Waals surface area contributed by atoms with E-state index in [9.17, 15) is 9.90 Å². The zero-order valence-corrected chi connectivity index (χ0v) is 13.8. The van der Waals surface area contributed by atoms with E-state index in [1.165, 1.54) is 6.21 Å². The van der Waals surface area contributed by atoms with Gasteiger partial charge in [0, 0.05) is 5.69 Å². The van der Waals surface area contributed by atoms with Crippen molar-refractivity contribution in [3.63, 3.8) is 0 Å². The standard InChI is InChI=1S/C20H19N3O2/c1-14(20(25)23-21-13-15-6-10-19(24)11-7-15)22-18-9-8-16-4-2-3-5-17(16)12-18/h2-14,22,24H,1H3,(H,23,25)/b21-13-/t14-/m0/s1. The van der Waals surface area contributed by atoms with E-state index >= 15 is 0 Å². The Labute approximate surface area is 146 Å². The van der Waals surface area contributed by atoms with Crippen LogP contribution in [0.1, 0.15) is 12.5 Å². The largest absolute Gasteiger partial charge is 0.508 e. The predicted molar refractivity (Wildman–Crippen MR) is 101 cm³/mol. The number of nitrogens with zero attached hydrogens (tertiary/aromatic N) is 1. The van der Waals surface area contributed by atoms with Gasteiger partial charge in [0.2, 0.25) is 0 Å². The van der Waals surface area contributed by atoms with Crippen LogP contribution in [0.2, 0.25) is 0 Å². The summed E-state index contributed by atoms with van der Waals surface area (Å²) in [6.07, 6.45) is 1.53. The number of benzene rings is 3. The molecule has 126 valence electrons. The minimum atomic E-state index is -0.432. The fourth-order valence-electron chi connectivity index (χ4n) is 2.42. The van der Waals surface area contributed by atoms with Gasteiger partial charge in [0.1, 0.15) is 11.8 Å².